The minimum absolute atomic E-state index is 0.00410. The van der Waals surface area contributed by atoms with Crippen LogP contribution in [0, 0.1) is 0 Å². The van der Waals surface area contributed by atoms with Crippen molar-refractivity contribution in [3.8, 4) is 0 Å². The standard InChI is InChI=1S/C14H28N2O/c1-2-3-4-5-6-7-8-9-11-14(17)16-13-10-12-15/h13H,2-12,15H2,1H3. The number of unbranched alkanes of at least 4 members (excludes halogenated alkanes) is 7. The number of rotatable bonds is 11. The first-order chi connectivity index (χ1) is 8.31. The van der Waals surface area contributed by atoms with E-state index in [1.807, 2.05) is 0 Å². The molecule has 0 rings (SSSR count). The van der Waals surface area contributed by atoms with Gasteiger partial charge in [-0.15, -0.1) is 0 Å². The highest BCUT2D eigenvalue weighted by Crippen LogP contribution is 2.09. The molecule has 3 nitrogen and oxygen atoms in total. The van der Waals surface area contributed by atoms with Gasteiger partial charge < -0.3 is 5.73 Å². The van der Waals surface area contributed by atoms with E-state index >= 15 is 0 Å². The van der Waals surface area contributed by atoms with Gasteiger partial charge in [0, 0.05) is 12.6 Å². The fraction of sp³-hybridized carbons (Fsp3) is 0.857. The van der Waals surface area contributed by atoms with Gasteiger partial charge in [-0.3, -0.25) is 4.79 Å². The minimum atomic E-state index is 0.00410. The molecule has 0 aliphatic heterocycles. The van der Waals surface area contributed by atoms with Gasteiger partial charge in [0.15, 0.2) is 0 Å². The summed E-state index contributed by atoms with van der Waals surface area (Å²) in [4.78, 5) is 15.1. The zero-order valence-corrected chi connectivity index (χ0v) is 11.3. The summed E-state index contributed by atoms with van der Waals surface area (Å²) in [5.74, 6) is 0.00410. The highest BCUT2D eigenvalue weighted by molar-refractivity contribution is 5.84. The summed E-state index contributed by atoms with van der Waals surface area (Å²) in [5.41, 5.74) is 5.30. The van der Waals surface area contributed by atoms with Crippen molar-refractivity contribution in [2.24, 2.45) is 10.7 Å². The summed E-state index contributed by atoms with van der Waals surface area (Å²) in [6.45, 7) is 2.80. The van der Waals surface area contributed by atoms with Crippen LogP contribution in [0.3, 0.4) is 0 Å². The van der Waals surface area contributed by atoms with Crippen molar-refractivity contribution >= 4 is 12.1 Å². The quantitative estimate of drug-likeness (QED) is 0.444. The molecular formula is C14H28N2O. The predicted octanol–water partition coefficient (Wildman–Crippen LogP) is 3.46. The summed E-state index contributed by atoms with van der Waals surface area (Å²) in [6, 6.07) is 0. The molecule has 0 saturated heterocycles. The molecule has 17 heavy (non-hydrogen) atoms. The molecule has 0 fully saturated rings. The Morgan fingerprint density at radius 3 is 2.24 bits per heavy atom. The third-order valence-electron chi connectivity index (χ3n) is 2.78. The average molecular weight is 240 g/mol. The molecule has 0 unspecified atom stereocenters. The molecule has 0 spiro atoms. The van der Waals surface area contributed by atoms with E-state index in [0.717, 1.165) is 12.8 Å². The molecule has 0 aromatic heterocycles. The molecule has 0 atom stereocenters. The van der Waals surface area contributed by atoms with E-state index in [2.05, 4.69) is 11.9 Å². The number of nitrogens with zero attached hydrogens (tertiary/aromatic N) is 1. The Kier molecular flexibility index (Phi) is 12.8. The topological polar surface area (TPSA) is 55.5 Å². The normalized spacial score (nSPS) is 11.2. The lowest BCUT2D eigenvalue weighted by Crippen LogP contribution is -2.00. The summed E-state index contributed by atoms with van der Waals surface area (Å²) >= 11 is 0. The van der Waals surface area contributed by atoms with Crippen molar-refractivity contribution in [2.45, 2.75) is 71.1 Å². The van der Waals surface area contributed by atoms with E-state index in [1.54, 1.807) is 6.21 Å². The van der Waals surface area contributed by atoms with E-state index in [0.29, 0.717) is 19.4 Å². The van der Waals surface area contributed by atoms with Crippen LogP contribution in [-0.2, 0) is 4.79 Å². The molecule has 0 aliphatic carbocycles. The van der Waals surface area contributed by atoms with Gasteiger partial charge in [0.1, 0.15) is 0 Å². The Bertz CT molecular complexity index is 202. The highest BCUT2D eigenvalue weighted by atomic mass is 16.1. The molecule has 0 heterocycles. The molecule has 0 saturated carbocycles. The number of hydrogen-bond acceptors (Lipinski definition) is 2. The van der Waals surface area contributed by atoms with Gasteiger partial charge in [-0.1, -0.05) is 51.9 Å². The maximum absolute atomic E-state index is 11.3. The molecule has 0 radical (unpaired) electrons. The van der Waals surface area contributed by atoms with Crippen molar-refractivity contribution in [1.82, 2.24) is 0 Å². The minimum Gasteiger partial charge on any atom is -0.330 e. The fourth-order valence-corrected chi connectivity index (χ4v) is 1.72. The second kappa shape index (κ2) is 13.4. The van der Waals surface area contributed by atoms with Crippen LogP contribution in [0.15, 0.2) is 4.99 Å². The van der Waals surface area contributed by atoms with E-state index in [-0.39, 0.29) is 5.91 Å². The first-order valence-electron chi connectivity index (χ1n) is 7.06. The van der Waals surface area contributed by atoms with Crippen LogP contribution < -0.4 is 5.73 Å². The van der Waals surface area contributed by atoms with Gasteiger partial charge in [0.05, 0.1) is 0 Å². The van der Waals surface area contributed by atoms with Gasteiger partial charge in [-0.05, 0) is 19.4 Å². The maximum Gasteiger partial charge on any atom is 0.245 e. The van der Waals surface area contributed by atoms with E-state index < -0.39 is 0 Å². The average Bonchev–Trinajstić information content (AvgIpc) is 2.33. The Morgan fingerprint density at radius 2 is 1.65 bits per heavy atom. The van der Waals surface area contributed by atoms with Crippen LogP contribution in [0.4, 0.5) is 0 Å². The Balaban J connectivity index is 3.19. The summed E-state index contributed by atoms with van der Waals surface area (Å²) < 4.78 is 0. The smallest absolute Gasteiger partial charge is 0.245 e. The summed E-state index contributed by atoms with van der Waals surface area (Å²) in [5, 5.41) is 0. The second-order valence-corrected chi connectivity index (χ2v) is 4.51. The number of carbonyl (C=O) groups excluding carboxylic acids is 1. The number of nitrogens with two attached hydrogens (primary N) is 1. The van der Waals surface area contributed by atoms with E-state index in [1.165, 1.54) is 38.5 Å². The molecule has 0 aromatic carbocycles. The largest absolute Gasteiger partial charge is 0.330 e. The lowest BCUT2D eigenvalue weighted by molar-refractivity contribution is -0.117. The Hall–Kier alpha value is -0.700. The molecule has 3 heteroatoms. The van der Waals surface area contributed by atoms with Crippen molar-refractivity contribution in [3.05, 3.63) is 0 Å². The summed E-state index contributed by atoms with van der Waals surface area (Å²) in [7, 11) is 0. The van der Waals surface area contributed by atoms with E-state index in [4.69, 9.17) is 5.73 Å². The van der Waals surface area contributed by atoms with Gasteiger partial charge in [0.2, 0.25) is 5.91 Å². The first kappa shape index (κ1) is 16.3. The monoisotopic (exact) mass is 240 g/mol. The fourth-order valence-electron chi connectivity index (χ4n) is 1.72. The van der Waals surface area contributed by atoms with Crippen LogP contribution in [0.1, 0.15) is 71.1 Å². The van der Waals surface area contributed by atoms with Crippen molar-refractivity contribution in [2.75, 3.05) is 6.54 Å². The van der Waals surface area contributed by atoms with Gasteiger partial charge in [0.25, 0.3) is 0 Å². The summed E-state index contributed by atoms with van der Waals surface area (Å²) in [6.07, 6.45) is 13.0. The van der Waals surface area contributed by atoms with Crippen LogP contribution in [0.5, 0.6) is 0 Å². The van der Waals surface area contributed by atoms with Crippen molar-refractivity contribution < 1.29 is 4.79 Å². The van der Waals surface area contributed by atoms with Crippen LogP contribution in [0.25, 0.3) is 0 Å². The maximum atomic E-state index is 11.3. The van der Waals surface area contributed by atoms with Crippen molar-refractivity contribution in [3.63, 3.8) is 0 Å². The second-order valence-electron chi connectivity index (χ2n) is 4.51. The van der Waals surface area contributed by atoms with Crippen molar-refractivity contribution in [1.29, 1.82) is 0 Å². The van der Waals surface area contributed by atoms with Gasteiger partial charge in [-0.2, -0.15) is 0 Å². The molecule has 1 amide bonds. The van der Waals surface area contributed by atoms with Crippen LogP contribution in [0.2, 0.25) is 0 Å². The third-order valence-corrected chi connectivity index (χ3v) is 2.78. The van der Waals surface area contributed by atoms with E-state index in [9.17, 15) is 4.79 Å². The number of amides is 1. The lowest BCUT2D eigenvalue weighted by atomic mass is 10.1. The zero-order valence-electron chi connectivity index (χ0n) is 11.3. The Morgan fingerprint density at radius 1 is 1.06 bits per heavy atom. The van der Waals surface area contributed by atoms with Crippen LogP contribution in [-0.4, -0.2) is 18.7 Å². The number of aliphatic imine (C=N–C) groups is 1. The van der Waals surface area contributed by atoms with Gasteiger partial charge in [-0.25, -0.2) is 4.99 Å². The van der Waals surface area contributed by atoms with Gasteiger partial charge >= 0.3 is 0 Å². The molecular weight excluding hydrogens is 212 g/mol. The first-order valence-corrected chi connectivity index (χ1v) is 7.06. The highest BCUT2D eigenvalue weighted by Gasteiger charge is 1.97. The molecule has 0 bridgehead atoms. The Labute approximate surface area is 106 Å². The predicted molar refractivity (Wildman–Crippen MR) is 74.4 cm³/mol. The molecule has 0 aromatic rings. The molecule has 100 valence electrons. The third kappa shape index (κ3) is 13.2. The number of hydrogen-bond donors (Lipinski definition) is 1. The lowest BCUT2D eigenvalue weighted by Gasteiger charge is -2.00. The SMILES string of the molecule is CCCCCCCCCCC(=O)N=CCCN. The molecule has 2 N–H and O–H groups in total. The van der Waals surface area contributed by atoms with Crippen LogP contribution >= 0.6 is 0 Å². The zero-order chi connectivity index (χ0) is 12.8. The number of carbonyl (C=O) groups is 1. The molecule has 0 aliphatic rings.